The van der Waals surface area contributed by atoms with E-state index in [0.717, 1.165) is 25.1 Å². The molecule has 2 aliphatic heterocycles. The molecule has 3 rings (SSSR count). The average molecular weight is 316 g/mol. The van der Waals surface area contributed by atoms with E-state index < -0.39 is 5.60 Å². The van der Waals surface area contributed by atoms with E-state index in [9.17, 15) is 9.90 Å². The second kappa shape index (κ2) is 7.02. The van der Waals surface area contributed by atoms with Gasteiger partial charge >= 0.3 is 0 Å². The van der Waals surface area contributed by atoms with Crippen LogP contribution >= 0.6 is 0 Å². The number of piperidine rings is 1. The van der Waals surface area contributed by atoms with Crippen LogP contribution in [0.5, 0.6) is 0 Å². The first-order chi connectivity index (χ1) is 11.1. The maximum absolute atomic E-state index is 12.3. The number of likely N-dealkylation sites (tertiary alicyclic amines) is 2. The van der Waals surface area contributed by atoms with Gasteiger partial charge in [0.2, 0.25) is 5.91 Å². The summed E-state index contributed by atoms with van der Waals surface area (Å²) in [6.45, 7) is 5.38. The molecular formula is C19H28N2O2. The van der Waals surface area contributed by atoms with Gasteiger partial charge in [0, 0.05) is 19.5 Å². The van der Waals surface area contributed by atoms with Crippen LogP contribution in [-0.2, 0) is 10.4 Å². The zero-order valence-corrected chi connectivity index (χ0v) is 14.1. The van der Waals surface area contributed by atoms with Crippen molar-refractivity contribution < 1.29 is 9.90 Å². The van der Waals surface area contributed by atoms with Crippen LogP contribution in [0.15, 0.2) is 30.3 Å². The van der Waals surface area contributed by atoms with Gasteiger partial charge in [-0.3, -0.25) is 9.69 Å². The molecule has 1 aromatic rings. The van der Waals surface area contributed by atoms with Crippen molar-refractivity contribution >= 4 is 5.91 Å². The molecule has 0 radical (unpaired) electrons. The van der Waals surface area contributed by atoms with E-state index in [2.05, 4.69) is 4.90 Å². The van der Waals surface area contributed by atoms with Gasteiger partial charge in [-0.05, 0) is 44.3 Å². The minimum absolute atomic E-state index is 0.00181. The number of hydrogen-bond donors (Lipinski definition) is 1. The molecule has 0 spiro atoms. The molecule has 2 fully saturated rings. The predicted octanol–water partition coefficient (Wildman–Crippen LogP) is 2.37. The predicted molar refractivity (Wildman–Crippen MR) is 91.0 cm³/mol. The summed E-state index contributed by atoms with van der Waals surface area (Å²) in [4.78, 5) is 16.7. The average Bonchev–Trinajstić information content (AvgIpc) is 3.10. The lowest BCUT2D eigenvalue weighted by molar-refractivity contribution is -0.143. The standard InChI is InChI=1S/C19H28N2O2/c1-2-8-18(22)21-14-11-19(23,16-9-4-3-5-10-16)17(15-21)20-12-6-7-13-20/h3-5,9-10,17,23H,2,6-8,11-15H2,1H3/t17-,19?/m1/s1. The van der Waals surface area contributed by atoms with E-state index in [4.69, 9.17) is 0 Å². The second-order valence-electron chi connectivity index (χ2n) is 6.89. The fraction of sp³-hybridized carbons (Fsp3) is 0.632. The van der Waals surface area contributed by atoms with E-state index in [1.54, 1.807) is 0 Å². The molecule has 1 aromatic carbocycles. The van der Waals surface area contributed by atoms with Crippen molar-refractivity contribution in [3.63, 3.8) is 0 Å². The molecule has 0 aromatic heterocycles. The summed E-state index contributed by atoms with van der Waals surface area (Å²) in [6.07, 6.45) is 4.48. The zero-order chi connectivity index (χ0) is 16.3. The van der Waals surface area contributed by atoms with E-state index in [1.165, 1.54) is 12.8 Å². The Morgan fingerprint density at radius 2 is 1.91 bits per heavy atom. The first kappa shape index (κ1) is 16.5. The molecular weight excluding hydrogens is 288 g/mol. The Bertz CT molecular complexity index is 527. The molecule has 1 amide bonds. The van der Waals surface area contributed by atoms with Crippen molar-refractivity contribution in [2.45, 2.75) is 50.7 Å². The molecule has 2 aliphatic rings. The monoisotopic (exact) mass is 316 g/mol. The lowest BCUT2D eigenvalue weighted by Gasteiger charge is -2.48. The summed E-state index contributed by atoms with van der Waals surface area (Å²) in [5.41, 5.74) is 0.133. The van der Waals surface area contributed by atoms with Crippen LogP contribution in [0.3, 0.4) is 0 Å². The first-order valence-electron chi connectivity index (χ1n) is 8.95. The van der Waals surface area contributed by atoms with E-state index in [0.29, 0.717) is 25.9 Å². The number of benzene rings is 1. The van der Waals surface area contributed by atoms with Crippen molar-refractivity contribution in [1.82, 2.24) is 9.80 Å². The Balaban J connectivity index is 1.86. The summed E-state index contributed by atoms with van der Waals surface area (Å²) in [7, 11) is 0. The van der Waals surface area contributed by atoms with Gasteiger partial charge in [0.25, 0.3) is 0 Å². The second-order valence-corrected chi connectivity index (χ2v) is 6.89. The topological polar surface area (TPSA) is 43.8 Å². The van der Waals surface area contributed by atoms with Crippen LogP contribution in [0.1, 0.15) is 44.6 Å². The fourth-order valence-corrected chi connectivity index (χ4v) is 4.06. The lowest BCUT2D eigenvalue weighted by atomic mass is 9.79. The summed E-state index contributed by atoms with van der Waals surface area (Å²) in [5, 5.41) is 11.5. The third-order valence-corrected chi connectivity index (χ3v) is 5.38. The summed E-state index contributed by atoms with van der Waals surface area (Å²) in [6, 6.07) is 10.0. The van der Waals surface area contributed by atoms with Gasteiger partial charge < -0.3 is 10.0 Å². The van der Waals surface area contributed by atoms with Crippen LogP contribution in [0, 0.1) is 0 Å². The molecule has 4 heteroatoms. The maximum Gasteiger partial charge on any atom is 0.222 e. The fourth-order valence-electron chi connectivity index (χ4n) is 4.06. The van der Waals surface area contributed by atoms with Crippen LogP contribution in [0.2, 0.25) is 0 Å². The number of amides is 1. The van der Waals surface area contributed by atoms with Crippen LogP contribution in [0.4, 0.5) is 0 Å². The number of rotatable bonds is 4. The number of carbonyl (C=O) groups excluding carboxylic acids is 1. The highest BCUT2D eigenvalue weighted by Crippen LogP contribution is 2.37. The Morgan fingerprint density at radius 3 is 2.57 bits per heavy atom. The highest BCUT2D eigenvalue weighted by molar-refractivity contribution is 5.76. The Morgan fingerprint density at radius 1 is 1.22 bits per heavy atom. The van der Waals surface area contributed by atoms with Gasteiger partial charge in [-0.2, -0.15) is 0 Å². The van der Waals surface area contributed by atoms with Crippen molar-refractivity contribution in [1.29, 1.82) is 0 Å². The zero-order valence-electron chi connectivity index (χ0n) is 14.1. The smallest absolute Gasteiger partial charge is 0.222 e. The minimum atomic E-state index is -0.853. The number of carbonyl (C=O) groups is 1. The summed E-state index contributed by atoms with van der Waals surface area (Å²) in [5.74, 6) is 0.229. The lowest BCUT2D eigenvalue weighted by Crippen LogP contribution is -2.61. The van der Waals surface area contributed by atoms with Gasteiger partial charge in [-0.1, -0.05) is 37.3 Å². The number of aliphatic hydroxyl groups is 1. The third-order valence-electron chi connectivity index (χ3n) is 5.38. The normalized spacial score (nSPS) is 29.0. The van der Waals surface area contributed by atoms with E-state index >= 15 is 0 Å². The summed E-state index contributed by atoms with van der Waals surface area (Å²) >= 11 is 0. The van der Waals surface area contributed by atoms with Gasteiger partial charge in [-0.25, -0.2) is 0 Å². The van der Waals surface area contributed by atoms with Crippen molar-refractivity contribution in [2.24, 2.45) is 0 Å². The molecule has 2 atom stereocenters. The number of nitrogens with zero attached hydrogens (tertiary/aromatic N) is 2. The Labute approximate surface area is 139 Å². The van der Waals surface area contributed by atoms with Crippen LogP contribution < -0.4 is 0 Å². The van der Waals surface area contributed by atoms with Gasteiger partial charge in [0.15, 0.2) is 0 Å². The van der Waals surface area contributed by atoms with E-state index in [1.807, 2.05) is 42.2 Å². The molecule has 0 aliphatic carbocycles. The molecule has 4 nitrogen and oxygen atoms in total. The molecule has 1 unspecified atom stereocenters. The number of hydrogen-bond acceptors (Lipinski definition) is 3. The van der Waals surface area contributed by atoms with E-state index in [-0.39, 0.29) is 11.9 Å². The van der Waals surface area contributed by atoms with Crippen molar-refractivity contribution in [3.05, 3.63) is 35.9 Å². The van der Waals surface area contributed by atoms with Crippen LogP contribution in [-0.4, -0.2) is 53.0 Å². The molecule has 23 heavy (non-hydrogen) atoms. The minimum Gasteiger partial charge on any atom is -0.383 e. The van der Waals surface area contributed by atoms with Crippen molar-refractivity contribution in [3.8, 4) is 0 Å². The van der Waals surface area contributed by atoms with Gasteiger partial charge in [0.05, 0.1) is 6.04 Å². The molecule has 0 saturated carbocycles. The molecule has 2 saturated heterocycles. The molecule has 1 N–H and O–H groups in total. The quantitative estimate of drug-likeness (QED) is 0.927. The largest absolute Gasteiger partial charge is 0.383 e. The van der Waals surface area contributed by atoms with Gasteiger partial charge in [0.1, 0.15) is 5.60 Å². The highest BCUT2D eigenvalue weighted by Gasteiger charge is 2.46. The molecule has 126 valence electrons. The first-order valence-corrected chi connectivity index (χ1v) is 8.95. The van der Waals surface area contributed by atoms with Crippen molar-refractivity contribution in [2.75, 3.05) is 26.2 Å². The Kier molecular flexibility index (Phi) is 5.02. The maximum atomic E-state index is 12.3. The third kappa shape index (κ3) is 3.29. The molecule has 2 heterocycles. The Hall–Kier alpha value is -1.39. The summed E-state index contributed by atoms with van der Waals surface area (Å²) < 4.78 is 0. The van der Waals surface area contributed by atoms with Crippen LogP contribution in [0.25, 0.3) is 0 Å². The highest BCUT2D eigenvalue weighted by atomic mass is 16.3. The SMILES string of the molecule is CCCC(=O)N1CCC(O)(c2ccccc2)[C@H](N2CCCC2)C1. The van der Waals surface area contributed by atoms with Gasteiger partial charge in [-0.15, -0.1) is 0 Å². The molecule has 0 bridgehead atoms.